The molecule has 1 aromatic rings. The molecule has 0 radical (unpaired) electrons. The van der Waals surface area contributed by atoms with E-state index in [1.54, 1.807) is 4.90 Å². The number of hydrogen-bond donors (Lipinski definition) is 1. The zero-order chi connectivity index (χ0) is 11.3. The van der Waals surface area contributed by atoms with Crippen LogP contribution in [0.1, 0.15) is 26.5 Å². The van der Waals surface area contributed by atoms with E-state index in [2.05, 4.69) is 5.32 Å². The topological polar surface area (TPSA) is 49.4 Å². The van der Waals surface area contributed by atoms with Gasteiger partial charge in [0.15, 0.2) is 0 Å². The van der Waals surface area contributed by atoms with Crippen molar-refractivity contribution in [2.75, 3.05) is 18.0 Å². The predicted octanol–water partition coefficient (Wildman–Crippen LogP) is 1.08. The summed E-state index contributed by atoms with van der Waals surface area (Å²) in [7, 11) is 0. The second-order valence-corrected chi connectivity index (χ2v) is 5.34. The fourth-order valence-corrected chi connectivity index (χ4v) is 3.51. The van der Waals surface area contributed by atoms with Crippen molar-refractivity contribution in [2.45, 2.75) is 19.8 Å². The van der Waals surface area contributed by atoms with Gasteiger partial charge in [0, 0.05) is 24.4 Å². The first-order valence-electron chi connectivity index (χ1n) is 5.39. The molecule has 2 aliphatic heterocycles. The highest BCUT2D eigenvalue weighted by Crippen LogP contribution is 2.40. The summed E-state index contributed by atoms with van der Waals surface area (Å²) < 4.78 is 0. The molecule has 0 aliphatic carbocycles. The summed E-state index contributed by atoms with van der Waals surface area (Å²) in [5.74, 6) is 0.106. The lowest BCUT2D eigenvalue weighted by molar-refractivity contribution is -0.118. The summed E-state index contributed by atoms with van der Waals surface area (Å²) in [6.45, 7) is 3.17. The summed E-state index contributed by atoms with van der Waals surface area (Å²) in [6, 6.07) is 0. The average molecular weight is 236 g/mol. The molecule has 5 heteroatoms. The van der Waals surface area contributed by atoms with Crippen LogP contribution in [0, 0.1) is 6.92 Å². The highest BCUT2D eigenvalue weighted by Gasteiger charge is 2.33. The minimum absolute atomic E-state index is 0.0356. The van der Waals surface area contributed by atoms with Gasteiger partial charge >= 0.3 is 0 Å². The largest absolute Gasteiger partial charge is 0.349 e. The lowest BCUT2D eigenvalue weighted by Gasteiger charge is -2.26. The summed E-state index contributed by atoms with van der Waals surface area (Å²) >= 11 is 1.50. The first-order valence-corrected chi connectivity index (χ1v) is 6.21. The fourth-order valence-electron chi connectivity index (χ4n) is 2.39. The van der Waals surface area contributed by atoms with Gasteiger partial charge in [-0.2, -0.15) is 0 Å². The zero-order valence-corrected chi connectivity index (χ0v) is 9.82. The third-order valence-corrected chi connectivity index (χ3v) is 4.30. The van der Waals surface area contributed by atoms with E-state index < -0.39 is 0 Å². The van der Waals surface area contributed by atoms with Crippen LogP contribution < -0.4 is 10.2 Å². The van der Waals surface area contributed by atoms with Crippen molar-refractivity contribution >= 4 is 28.8 Å². The Labute approximate surface area is 97.2 Å². The van der Waals surface area contributed by atoms with Crippen molar-refractivity contribution < 1.29 is 9.59 Å². The van der Waals surface area contributed by atoms with Gasteiger partial charge in [-0.05, 0) is 18.9 Å². The van der Waals surface area contributed by atoms with Gasteiger partial charge in [0.25, 0.3) is 5.91 Å². The van der Waals surface area contributed by atoms with Gasteiger partial charge in [-0.15, -0.1) is 11.3 Å². The Bertz CT molecular complexity index is 492. The first-order chi connectivity index (χ1) is 7.68. The maximum atomic E-state index is 11.8. The molecule has 0 unspecified atom stereocenters. The van der Waals surface area contributed by atoms with Crippen molar-refractivity contribution in [3.05, 3.63) is 15.3 Å². The molecule has 3 heterocycles. The minimum Gasteiger partial charge on any atom is -0.349 e. The number of carbonyl (C=O) groups is 2. The van der Waals surface area contributed by atoms with Crippen LogP contribution >= 0.6 is 11.3 Å². The Kier molecular flexibility index (Phi) is 2.04. The van der Waals surface area contributed by atoms with Crippen LogP contribution in [-0.4, -0.2) is 24.9 Å². The summed E-state index contributed by atoms with van der Waals surface area (Å²) in [5.41, 5.74) is 2.07. The molecule has 0 aromatic carbocycles. The number of rotatable bonds is 0. The van der Waals surface area contributed by atoms with Crippen molar-refractivity contribution in [3.8, 4) is 0 Å². The van der Waals surface area contributed by atoms with Crippen LogP contribution in [0.4, 0.5) is 5.69 Å². The molecule has 0 bridgehead atoms. The second kappa shape index (κ2) is 3.31. The minimum atomic E-state index is -0.0356. The normalized spacial score (nSPS) is 19.2. The van der Waals surface area contributed by atoms with E-state index in [0.29, 0.717) is 24.4 Å². The summed E-state index contributed by atoms with van der Waals surface area (Å²) in [5, 5.41) is 2.83. The molecule has 4 nitrogen and oxygen atoms in total. The SMILES string of the molecule is Cc1sc2c3c1CCC(=O)N3CCNC2=O. The molecule has 0 saturated carbocycles. The van der Waals surface area contributed by atoms with Gasteiger partial charge < -0.3 is 10.2 Å². The van der Waals surface area contributed by atoms with Gasteiger partial charge in [-0.3, -0.25) is 9.59 Å². The fraction of sp³-hybridized carbons (Fsp3) is 0.455. The quantitative estimate of drug-likeness (QED) is 0.732. The Balaban J connectivity index is 2.24. The molecule has 0 fully saturated rings. The van der Waals surface area contributed by atoms with E-state index in [-0.39, 0.29) is 11.8 Å². The molecule has 0 saturated heterocycles. The van der Waals surface area contributed by atoms with Gasteiger partial charge in [0.05, 0.1) is 5.69 Å². The summed E-state index contributed by atoms with van der Waals surface area (Å²) in [4.78, 5) is 27.3. The van der Waals surface area contributed by atoms with E-state index >= 15 is 0 Å². The first kappa shape index (κ1) is 9.84. The predicted molar refractivity (Wildman–Crippen MR) is 62.1 cm³/mol. The third kappa shape index (κ3) is 1.21. The molecule has 2 aliphatic rings. The van der Waals surface area contributed by atoms with Crippen molar-refractivity contribution in [2.24, 2.45) is 0 Å². The Morgan fingerprint density at radius 1 is 1.31 bits per heavy atom. The third-order valence-electron chi connectivity index (χ3n) is 3.17. The highest BCUT2D eigenvalue weighted by molar-refractivity contribution is 7.14. The number of hydrogen-bond acceptors (Lipinski definition) is 3. The highest BCUT2D eigenvalue weighted by atomic mass is 32.1. The van der Waals surface area contributed by atoms with Crippen molar-refractivity contribution in [3.63, 3.8) is 0 Å². The van der Waals surface area contributed by atoms with Crippen molar-refractivity contribution in [1.29, 1.82) is 0 Å². The maximum absolute atomic E-state index is 11.8. The second-order valence-electron chi connectivity index (χ2n) is 4.12. The monoisotopic (exact) mass is 236 g/mol. The number of carbonyl (C=O) groups excluding carboxylic acids is 2. The molecule has 1 aromatic heterocycles. The smallest absolute Gasteiger partial charge is 0.263 e. The Hall–Kier alpha value is -1.36. The van der Waals surface area contributed by atoms with E-state index in [9.17, 15) is 9.59 Å². The van der Waals surface area contributed by atoms with Crippen LogP contribution in [-0.2, 0) is 11.2 Å². The lowest BCUT2D eigenvalue weighted by atomic mass is 10.0. The van der Waals surface area contributed by atoms with Crippen LogP contribution in [0.3, 0.4) is 0 Å². The molecule has 0 atom stereocenters. The molecule has 16 heavy (non-hydrogen) atoms. The van der Waals surface area contributed by atoms with Gasteiger partial charge in [-0.25, -0.2) is 0 Å². The number of thiophene rings is 1. The lowest BCUT2D eigenvalue weighted by Crippen LogP contribution is -2.37. The van der Waals surface area contributed by atoms with Crippen LogP contribution in [0.5, 0.6) is 0 Å². The van der Waals surface area contributed by atoms with E-state index in [1.165, 1.54) is 21.8 Å². The Morgan fingerprint density at radius 3 is 2.94 bits per heavy atom. The number of nitrogens with zero attached hydrogens (tertiary/aromatic N) is 1. The maximum Gasteiger partial charge on any atom is 0.263 e. The molecular weight excluding hydrogens is 224 g/mol. The van der Waals surface area contributed by atoms with Crippen LogP contribution in [0.15, 0.2) is 0 Å². The molecule has 2 amide bonds. The number of anilines is 1. The van der Waals surface area contributed by atoms with E-state index in [0.717, 1.165) is 12.1 Å². The van der Waals surface area contributed by atoms with E-state index in [1.807, 2.05) is 6.92 Å². The average Bonchev–Trinajstić information content (AvgIpc) is 2.50. The van der Waals surface area contributed by atoms with Gasteiger partial charge in [0.2, 0.25) is 5.91 Å². The standard InChI is InChI=1S/C11H12N2O2S/c1-6-7-2-3-8(14)13-5-4-12-11(15)10(16-6)9(7)13/h2-5H2,1H3,(H,12,15). The van der Waals surface area contributed by atoms with Crippen LogP contribution in [0.2, 0.25) is 0 Å². The summed E-state index contributed by atoms with van der Waals surface area (Å²) in [6.07, 6.45) is 1.35. The van der Waals surface area contributed by atoms with Gasteiger partial charge in [0.1, 0.15) is 4.88 Å². The molecule has 0 spiro atoms. The molecule has 3 rings (SSSR count). The number of amides is 2. The molecular formula is C11H12N2O2S. The number of aryl methyl sites for hydroxylation is 1. The number of nitrogens with one attached hydrogen (secondary N) is 1. The van der Waals surface area contributed by atoms with Crippen molar-refractivity contribution in [1.82, 2.24) is 5.32 Å². The molecule has 84 valence electrons. The van der Waals surface area contributed by atoms with E-state index in [4.69, 9.17) is 0 Å². The van der Waals surface area contributed by atoms with Gasteiger partial charge in [-0.1, -0.05) is 0 Å². The molecule has 1 N–H and O–H groups in total. The van der Waals surface area contributed by atoms with Crippen LogP contribution in [0.25, 0.3) is 0 Å². The Morgan fingerprint density at radius 2 is 2.12 bits per heavy atom. The zero-order valence-electron chi connectivity index (χ0n) is 9.00.